The Morgan fingerprint density at radius 2 is 1.74 bits per heavy atom. The topological polar surface area (TPSA) is 57.2 Å². The van der Waals surface area contributed by atoms with Crippen LogP contribution in [0.5, 0.6) is 5.75 Å². The highest BCUT2D eigenvalue weighted by Gasteiger charge is 2.40. The average molecular weight is 441 g/mol. The molecule has 2 aliphatic heterocycles. The number of carbonyl (C=O) groups excluding carboxylic acids is 1. The number of hydrogen-bond acceptors (Lipinski definition) is 5. The van der Waals surface area contributed by atoms with Gasteiger partial charge in [0.2, 0.25) is 0 Å². The van der Waals surface area contributed by atoms with E-state index in [-0.39, 0.29) is 17.9 Å². The van der Waals surface area contributed by atoms with Gasteiger partial charge < -0.3 is 4.74 Å². The monoisotopic (exact) mass is 440 g/mol. The van der Waals surface area contributed by atoms with Crippen LogP contribution in [0, 0.1) is 5.92 Å². The molecule has 1 saturated heterocycles. The molecular formula is C24H29ClN4O2. The first-order chi connectivity index (χ1) is 15.1. The van der Waals surface area contributed by atoms with E-state index < -0.39 is 0 Å². The number of hydrazine groups is 1. The normalized spacial score (nSPS) is 22.0. The molecule has 0 radical (unpaired) electrons. The van der Waals surface area contributed by atoms with Crippen LogP contribution in [0.2, 0.25) is 5.02 Å². The molecule has 1 amide bonds. The molecule has 164 valence electrons. The predicted molar refractivity (Wildman–Crippen MR) is 124 cm³/mol. The van der Waals surface area contributed by atoms with Crippen molar-refractivity contribution in [1.29, 1.82) is 0 Å². The van der Waals surface area contributed by atoms with E-state index in [1.54, 1.807) is 7.11 Å². The van der Waals surface area contributed by atoms with Crippen molar-refractivity contribution in [1.82, 2.24) is 10.4 Å². The number of amides is 1. The summed E-state index contributed by atoms with van der Waals surface area (Å²) in [5.74, 6) is 0.540. The molecule has 0 saturated carbocycles. The Balaban J connectivity index is 1.64. The molecule has 4 rings (SSSR count). The average Bonchev–Trinajstić information content (AvgIpc) is 2.94. The van der Waals surface area contributed by atoms with Crippen molar-refractivity contribution in [3.05, 3.63) is 59.1 Å². The van der Waals surface area contributed by atoms with Crippen LogP contribution in [0.25, 0.3) is 0 Å². The zero-order valence-corrected chi connectivity index (χ0v) is 18.8. The third kappa shape index (κ3) is 4.70. The summed E-state index contributed by atoms with van der Waals surface area (Å²) < 4.78 is 5.31. The number of hydrogen-bond donors (Lipinski definition) is 1. The maximum atomic E-state index is 13.2. The molecule has 2 heterocycles. The summed E-state index contributed by atoms with van der Waals surface area (Å²) in [4.78, 5) is 13.2. The Labute approximate surface area is 188 Å². The quantitative estimate of drug-likeness (QED) is 0.724. The number of nitrogens with one attached hydrogen (secondary N) is 1. The van der Waals surface area contributed by atoms with Crippen LogP contribution in [0.3, 0.4) is 0 Å². The molecule has 1 N–H and O–H groups in total. The van der Waals surface area contributed by atoms with Crippen molar-refractivity contribution < 1.29 is 9.53 Å². The molecule has 1 fully saturated rings. The fourth-order valence-electron chi connectivity index (χ4n) is 4.34. The van der Waals surface area contributed by atoms with Crippen LogP contribution in [-0.4, -0.2) is 36.8 Å². The molecule has 0 aromatic heterocycles. The summed E-state index contributed by atoms with van der Waals surface area (Å²) in [6, 6.07) is 15.4. The molecule has 0 bridgehead atoms. The number of ether oxygens (including phenoxy) is 1. The maximum Gasteiger partial charge on any atom is 0.282 e. The molecule has 2 aromatic carbocycles. The molecule has 0 spiro atoms. The lowest BCUT2D eigenvalue weighted by atomic mass is 9.91. The van der Waals surface area contributed by atoms with Crippen molar-refractivity contribution in [3.8, 4) is 5.75 Å². The molecule has 2 unspecified atom stereocenters. The van der Waals surface area contributed by atoms with E-state index in [1.807, 2.05) is 65.5 Å². The summed E-state index contributed by atoms with van der Waals surface area (Å²) >= 11 is 6.51. The smallest absolute Gasteiger partial charge is 0.282 e. The first-order valence-corrected chi connectivity index (χ1v) is 11.3. The zero-order valence-electron chi connectivity index (χ0n) is 18.1. The summed E-state index contributed by atoms with van der Waals surface area (Å²) in [5, 5.41) is 9.30. The minimum absolute atomic E-state index is 0.114. The standard InChI is InChI=1S/C24H29ClN4O2/c1-17-22(24(30)27-28-15-7-3-4-8-16-28)26-29(21-10-6-5-9-20(21)25)23(17)18-11-13-19(31-2)14-12-18/h5-6,9-14,17,23H,3-4,7-8,15-16H2,1-2H3,(H,27,30). The van der Waals surface area contributed by atoms with Gasteiger partial charge in [0.1, 0.15) is 11.5 Å². The van der Waals surface area contributed by atoms with E-state index in [1.165, 1.54) is 12.8 Å². The van der Waals surface area contributed by atoms with E-state index in [0.717, 1.165) is 42.9 Å². The van der Waals surface area contributed by atoms with E-state index >= 15 is 0 Å². The third-order valence-electron chi connectivity index (χ3n) is 6.04. The lowest BCUT2D eigenvalue weighted by molar-refractivity contribution is -0.119. The lowest BCUT2D eigenvalue weighted by Gasteiger charge is -2.27. The Hall–Kier alpha value is -2.57. The highest BCUT2D eigenvalue weighted by atomic mass is 35.5. The number of carbonyl (C=O) groups is 1. The van der Waals surface area contributed by atoms with Crippen molar-refractivity contribution in [2.45, 2.75) is 38.6 Å². The maximum absolute atomic E-state index is 13.2. The Bertz CT molecular complexity index is 939. The van der Waals surface area contributed by atoms with E-state index in [2.05, 4.69) is 5.43 Å². The number of rotatable bonds is 5. The van der Waals surface area contributed by atoms with Crippen LogP contribution in [0.4, 0.5) is 5.69 Å². The molecule has 2 aromatic rings. The van der Waals surface area contributed by atoms with Crippen LogP contribution in [-0.2, 0) is 4.79 Å². The lowest BCUT2D eigenvalue weighted by Crippen LogP contribution is -2.46. The number of para-hydroxylation sites is 1. The zero-order chi connectivity index (χ0) is 21.8. The molecule has 2 atom stereocenters. The van der Waals surface area contributed by atoms with Crippen LogP contribution < -0.4 is 15.2 Å². The van der Waals surface area contributed by atoms with Gasteiger partial charge in [0.15, 0.2) is 0 Å². The van der Waals surface area contributed by atoms with Gasteiger partial charge in [-0.3, -0.25) is 15.2 Å². The summed E-state index contributed by atoms with van der Waals surface area (Å²) in [6.07, 6.45) is 4.62. The first kappa shape index (κ1) is 21.7. The number of hydrazone groups is 1. The highest BCUT2D eigenvalue weighted by Crippen LogP contribution is 2.41. The van der Waals surface area contributed by atoms with Crippen molar-refractivity contribution in [2.24, 2.45) is 11.0 Å². The van der Waals surface area contributed by atoms with Gasteiger partial charge in [-0.2, -0.15) is 5.10 Å². The number of methoxy groups -OCH3 is 1. The van der Waals surface area contributed by atoms with Crippen LogP contribution >= 0.6 is 11.6 Å². The van der Waals surface area contributed by atoms with E-state index in [0.29, 0.717) is 10.7 Å². The molecule has 0 aliphatic carbocycles. The van der Waals surface area contributed by atoms with Gasteiger partial charge in [-0.25, -0.2) is 5.01 Å². The Morgan fingerprint density at radius 1 is 1.06 bits per heavy atom. The van der Waals surface area contributed by atoms with E-state index in [9.17, 15) is 4.79 Å². The van der Waals surface area contributed by atoms with Gasteiger partial charge in [-0.1, -0.05) is 55.6 Å². The van der Waals surface area contributed by atoms with Crippen LogP contribution in [0.1, 0.15) is 44.2 Å². The second-order valence-corrected chi connectivity index (χ2v) is 8.54. The van der Waals surface area contributed by atoms with Gasteiger partial charge in [-0.05, 0) is 42.7 Å². The summed E-state index contributed by atoms with van der Waals surface area (Å²) in [7, 11) is 1.65. The van der Waals surface area contributed by atoms with Crippen LogP contribution in [0.15, 0.2) is 53.6 Å². The van der Waals surface area contributed by atoms with Gasteiger partial charge >= 0.3 is 0 Å². The summed E-state index contributed by atoms with van der Waals surface area (Å²) in [5.41, 5.74) is 5.45. The van der Waals surface area contributed by atoms with Gasteiger partial charge in [0.25, 0.3) is 5.91 Å². The largest absolute Gasteiger partial charge is 0.497 e. The number of anilines is 1. The molecule has 2 aliphatic rings. The Kier molecular flexibility index (Phi) is 6.78. The van der Waals surface area contributed by atoms with Gasteiger partial charge in [-0.15, -0.1) is 0 Å². The molecule has 7 heteroatoms. The molecule has 31 heavy (non-hydrogen) atoms. The van der Waals surface area contributed by atoms with Gasteiger partial charge in [0, 0.05) is 19.0 Å². The van der Waals surface area contributed by atoms with Gasteiger partial charge in [0.05, 0.1) is 23.9 Å². The Morgan fingerprint density at radius 3 is 2.39 bits per heavy atom. The number of halogens is 1. The minimum atomic E-state index is -0.143. The third-order valence-corrected chi connectivity index (χ3v) is 6.36. The molecule has 6 nitrogen and oxygen atoms in total. The summed E-state index contributed by atoms with van der Waals surface area (Å²) in [6.45, 7) is 3.81. The minimum Gasteiger partial charge on any atom is -0.497 e. The predicted octanol–water partition coefficient (Wildman–Crippen LogP) is 4.81. The SMILES string of the molecule is COc1ccc(C2C(C)C(C(=O)NN3CCCCCC3)=NN2c2ccccc2Cl)cc1. The van der Waals surface area contributed by atoms with Crippen molar-refractivity contribution >= 4 is 28.9 Å². The van der Waals surface area contributed by atoms with Crippen molar-refractivity contribution in [2.75, 3.05) is 25.2 Å². The number of nitrogens with zero attached hydrogens (tertiary/aromatic N) is 3. The second kappa shape index (κ2) is 9.71. The highest BCUT2D eigenvalue weighted by molar-refractivity contribution is 6.40. The fourth-order valence-corrected chi connectivity index (χ4v) is 4.56. The van der Waals surface area contributed by atoms with Crippen molar-refractivity contribution in [3.63, 3.8) is 0 Å². The first-order valence-electron chi connectivity index (χ1n) is 10.9. The fraction of sp³-hybridized carbons (Fsp3) is 0.417. The number of benzene rings is 2. The molecular weight excluding hydrogens is 412 g/mol. The second-order valence-electron chi connectivity index (χ2n) is 8.13. The van der Waals surface area contributed by atoms with E-state index in [4.69, 9.17) is 21.4 Å².